The number of nitrogens with one attached hydrogen (secondary N) is 1. The van der Waals surface area contributed by atoms with E-state index in [9.17, 15) is 8.78 Å². The molecule has 6 heteroatoms. The average Bonchev–Trinajstić information content (AvgIpc) is 2.86. The SMILES string of the molecule is Fc1cc(Br)cc(F)c1NCc1cccc2c1OCO2. The molecule has 0 spiro atoms. The normalized spacial score (nSPS) is 12.6. The van der Waals surface area contributed by atoms with Crippen LogP contribution in [0, 0.1) is 11.6 Å². The van der Waals surface area contributed by atoms with Crippen LogP contribution in [0.25, 0.3) is 0 Å². The smallest absolute Gasteiger partial charge is 0.231 e. The van der Waals surface area contributed by atoms with Crippen LogP contribution in [0.5, 0.6) is 11.5 Å². The Hall–Kier alpha value is -1.82. The summed E-state index contributed by atoms with van der Waals surface area (Å²) >= 11 is 3.04. The van der Waals surface area contributed by atoms with E-state index >= 15 is 0 Å². The average molecular weight is 342 g/mol. The Balaban J connectivity index is 1.83. The zero-order valence-corrected chi connectivity index (χ0v) is 11.8. The minimum absolute atomic E-state index is 0.160. The first-order chi connectivity index (χ1) is 9.65. The molecule has 2 aromatic rings. The van der Waals surface area contributed by atoms with Crippen LogP contribution >= 0.6 is 15.9 Å². The van der Waals surface area contributed by atoms with E-state index in [1.807, 2.05) is 6.07 Å². The molecule has 0 saturated carbocycles. The van der Waals surface area contributed by atoms with Gasteiger partial charge < -0.3 is 14.8 Å². The molecule has 0 atom stereocenters. The van der Waals surface area contributed by atoms with Gasteiger partial charge in [-0.25, -0.2) is 8.78 Å². The highest BCUT2D eigenvalue weighted by Crippen LogP contribution is 2.36. The summed E-state index contributed by atoms with van der Waals surface area (Å²) in [7, 11) is 0. The topological polar surface area (TPSA) is 30.5 Å². The molecule has 0 unspecified atom stereocenters. The minimum Gasteiger partial charge on any atom is -0.454 e. The molecular weight excluding hydrogens is 332 g/mol. The summed E-state index contributed by atoms with van der Waals surface area (Å²) in [6.07, 6.45) is 0. The molecule has 0 bridgehead atoms. The molecule has 0 fully saturated rings. The Morgan fingerprint density at radius 3 is 2.65 bits per heavy atom. The molecule has 0 amide bonds. The van der Waals surface area contributed by atoms with E-state index in [1.165, 1.54) is 12.1 Å². The number of hydrogen-bond donors (Lipinski definition) is 1. The third kappa shape index (κ3) is 2.43. The van der Waals surface area contributed by atoms with E-state index in [4.69, 9.17) is 9.47 Å². The summed E-state index contributed by atoms with van der Waals surface area (Å²) in [6, 6.07) is 7.82. The highest BCUT2D eigenvalue weighted by atomic mass is 79.9. The molecule has 20 heavy (non-hydrogen) atoms. The van der Waals surface area contributed by atoms with E-state index in [0.717, 1.165) is 5.56 Å². The fourth-order valence-electron chi connectivity index (χ4n) is 2.02. The van der Waals surface area contributed by atoms with Crippen LogP contribution in [0.1, 0.15) is 5.56 Å². The lowest BCUT2D eigenvalue weighted by molar-refractivity contribution is 0.173. The number of halogens is 3. The van der Waals surface area contributed by atoms with Gasteiger partial charge in [0.05, 0.1) is 0 Å². The van der Waals surface area contributed by atoms with E-state index < -0.39 is 11.6 Å². The molecule has 2 aromatic carbocycles. The van der Waals surface area contributed by atoms with Crippen molar-refractivity contribution in [1.29, 1.82) is 0 Å². The third-order valence-electron chi connectivity index (χ3n) is 2.94. The summed E-state index contributed by atoms with van der Waals surface area (Å²) < 4.78 is 38.3. The van der Waals surface area contributed by atoms with Crippen molar-refractivity contribution in [3.63, 3.8) is 0 Å². The lowest BCUT2D eigenvalue weighted by Crippen LogP contribution is -2.05. The Kier molecular flexibility index (Phi) is 3.48. The molecular formula is C14H10BrF2NO2. The number of hydrogen-bond acceptors (Lipinski definition) is 3. The first-order valence-corrected chi connectivity index (χ1v) is 6.70. The molecule has 0 radical (unpaired) electrons. The van der Waals surface area contributed by atoms with Gasteiger partial charge in [-0.15, -0.1) is 0 Å². The van der Waals surface area contributed by atoms with E-state index in [0.29, 0.717) is 16.0 Å². The highest BCUT2D eigenvalue weighted by molar-refractivity contribution is 9.10. The van der Waals surface area contributed by atoms with Crippen molar-refractivity contribution < 1.29 is 18.3 Å². The maximum atomic E-state index is 13.7. The fourth-order valence-corrected chi connectivity index (χ4v) is 2.43. The Labute approximate surface area is 122 Å². The van der Waals surface area contributed by atoms with Gasteiger partial charge in [-0.05, 0) is 18.2 Å². The van der Waals surface area contributed by atoms with Gasteiger partial charge >= 0.3 is 0 Å². The molecule has 0 aliphatic carbocycles. The van der Waals surface area contributed by atoms with Gasteiger partial charge in [-0.3, -0.25) is 0 Å². The third-order valence-corrected chi connectivity index (χ3v) is 3.40. The second kappa shape index (κ2) is 5.28. The van der Waals surface area contributed by atoms with Crippen LogP contribution in [0.3, 0.4) is 0 Å². The highest BCUT2D eigenvalue weighted by Gasteiger charge is 2.18. The molecule has 1 heterocycles. The van der Waals surface area contributed by atoms with Crippen LogP contribution in [0.2, 0.25) is 0 Å². The van der Waals surface area contributed by atoms with Gasteiger partial charge in [-0.2, -0.15) is 0 Å². The van der Waals surface area contributed by atoms with Gasteiger partial charge in [0.2, 0.25) is 6.79 Å². The lowest BCUT2D eigenvalue weighted by atomic mass is 10.2. The Bertz CT molecular complexity index is 641. The van der Waals surface area contributed by atoms with Crippen LogP contribution in [0.4, 0.5) is 14.5 Å². The molecule has 1 N–H and O–H groups in total. The number of rotatable bonds is 3. The molecule has 3 rings (SSSR count). The van der Waals surface area contributed by atoms with Crippen LogP contribution in [-0.4, -0.2) is 6.79 Å². The van der Waals surface area contributed by atoms with Gasteiger partial charge in [0.15, 0.2) is 11.5 Å². The second-order valence-electron chi connectivity index (χ2n) is 4.25. The van der Waals surface area contributed by atoms with Gasteiger partial charge in [-0.1, -0.05) is 28.1 Å². The van der Waals surface area contributed by atoms with E-state index in [-0.39, 0.29) is 19.0 Å². The lowest BCUT2D eigenvalue weighted by Gasteiger charge is -2.11. The zero-order valence-electron chi connectivity index (χ0n) is 10.3. The standard InChI is InChI=1S/C14H10BrF2NO2/c15-9-4-10(16)13(11(17)5-9)18-6-8-2-1-3-12-14(8)20-7-19-12/h1-5,18H,6-7H2. The number of anilines is 1. The molecule has 3 nitrogen and oxygen atoms in total. The monoisotopic (exact) mass is 341 g/mol. The van der Waals surface area contributed by atoms with Gasteiger partial charge in [0, 0.05) is 16.6 Å². The quantitative estimate of drug-likeness (QED) is 0.912. The van der Waals surface area contributed by atoms with Crippen LogP contribution in [0.15, 0.2) is 34.8 Å². The Morgan fingerprint density at radius 2 is 1.90 bits per heavy atom. The largest absolute Gasteiger partial charge is 0.454 e. The van der Waals surface area contributed by atoms with Gasteiger partial charge in [0.25, 0.3) is 0 Å². The molecule has 1 aliphatic heterocycles. The summed E-state index contributed by atoms with van der Waals surface area (Å²) in [5.74, 6) is -0.0535. The summed E-state index contributed by atoms with van der Waals surface area (Å²) in [4.78, 5) is 0. The predicted molar refractivity (Wildman–Crippen MR) is 73.9 cm³/mol. The van der Waals surface area contributed by atoms with Crippen LogP contribution < -0.4 is 14.8 Å². The minimum atomic E-state index is -0.651. The molecule has 1 aliphatic rings. The number of benzene rings is 2. The number of para-hydroxylation sites is 1. The predicted octanol–water partition coefficient (Wildman–Crippen LogP) is 4.07. The van der Waals surface area contributed by atoms with Crippen molar-refractivity contribution in [1.82, 2.24) is 0 Å². The van der Waals surface area contributed by atoms with Crippen molar-refractivity contribution in [2.24, 2.45) is 0 Å². The van der Waals surface area contributed by atoms with Crippen molar-refractivity contribution in [2.75, 3.05) is 12.1 Å². The van der Waals surface area contributed by atoms with Crippen molar-refractivity contribution in [2.45, 2.75) is 6.54 Å². The first kappa shape index (κ1) is 13.2. The number of ether oxygens (including phenoxy) is 2. The van der Waals surface area contributed by atoms with Gasteiger partial charge in [0.1, 0.15) is 17.3 Å². The fraction of sp³-hybridized carbons (Fsp3) is 0.143. The summed E-state index contributed by atoms with van der Waals surface area (Å²) in [5.41, 5.74) is 0.617. The second-order valence-corrected chi connectivity index (χ2v) is 5.16. The van der Waals surface area contributed by atoms with Crippen LogP contribution in [-0.2, 0) is 6.54 Å². The molecule has 104 valence electrons. The van der Waals surface area contributed by atoms with Crippen molar-refractivity contribution in [3.05, 3.63) is 52.0 Å². The number of fused-ring (bicyclic) bond motifs is 1. The van der Waals surface area contributed by atoms with Crippen molar-refractivity contribution in [3.8, 4) is 11.5 Å². The molecule has 0 saturated heterocycles. The zero-order chi connectivity index (χ0) is 14.1. The molecule has 0 aromatic heterocycles. The first-order valence-electron chi connectivity index (χ1n) is 5.91. The van der Waals surface area contributed by atoms with E-state index in [1.54, 1.807) is 12.1 Å². The maximum absolute atomic E-state index is 13.7. The summed E-state index contributed by atoms with van der Waals surface area (Å²) in [6.45, 7) is 0.398. The Morgan fingerprint density at radius 1 is 1.15 bits per heavy atom. The van der Waals surface area contributed by atoms with E-state index in [2.05, 4.69) is 21.2 Å². The van der Waals surface area contributed by atoms with Crippen molar-refractivity contribution >= 4 is 21.6 Å². The summed E-state index contributed by atoms with van der Waals surface area (Å²) in [5, 5.41) is 2.75. The maximum Gasteiger partial charge on any atom is 0.231 e.